The maximum absolute atomic E-state index is 9.33. The zero-order valence-electron chi connectivity index (χ0n) is 8.37. The summed E-state index contributed by atoms with van der Waals surface area (Å²) in [5.74, 6) is 0.969. The van der Waals surface area contributed by atoms with Gasteiger partial charge in [0.15, 0.2) is 0 Å². The summed E-state index contributed by atoms with van der Waals surface area (Å²) in [6, 6.07) is 0.513. The van der Waals surface area contributed by atoms with Crippen LogP contribution in [0.5, 0.6) is 0 Å². The summed E-state index contributed by atoms with van der Waals surface area (Å²) in [6.45, 7) is 3.11. The second-order valence-electron chi connectivity index (χ2n) is 4.66. The van der Waals surface area contributed by atoms with Crippen molar-refractivity contribution in [1.82, 2.24) is 10.2 Å². The molecular formula is C10H20N2O. The third kappa shape index (κ3) is 2.93. The van der Waals surface area contributed by atoms with Gasteiger partial charge in [0, 0.05) is 25.7 Å². The summed E-state index contributed by atoms with van der Waals surface area (Å²) in [7, 11) is 2.19. The molecule has 0 aromatic heterocycles. The van der Waals surface area contributed by atoms with Crippen molar-refractivity contribution in [2.45, 2.75) is 31.4 Å². The standard InChI is InChI=1S/C10H20N2O/c1-12(6-8-2-3-8)7-9-4-10(13)5-11-9/h8-11,13H,2-7H2,1H3. The fourth-order valence-electron chi connectivity index (χ4n) is 2.13. The van der Waals surface area contributed by atoms with Crippen LogP contribution in [0.4, 0.5) is 0 Å². The van der Waals surface area contributed by atoms with E-state index in [4.69, 9.17) is 0 Å². The van der Waals surface area contributed by atoms with Gasteiger partial charge in [0.25, 0.3) is 0 Å². The molecule has 2 fully saturated rings. The van der Waals surface area contributed by atoms with Crippen molar-refractivity contribution < 1.29 is 5.11 Å². The molecule has 2 atom stereocenters. The lowest BCUT2D eigenvalue weighted by molar-refractivity contribution is 0.189. The molecule has 2 rings (SSSR count). The predicted octanol–water partition coefficient (Wildman–Crippen LogP) is 0.0510. The Morgan fingerprint density at radius 2 is 2.15 bits per heavy atom. The minimum atomic E-state index is -0.112. The van der Waals surface area contributed by atoms with E-state index in [1.807, 2.05) is 0 Å². The number of hydrogen-bond acceptors (Lipinski definition) is 3. The van der Waals surface area contributed by atoms with Crippen molar-refractivity contribution in [3.05, 3.63) is 0 Å². The van der Waals surface area contributed by atoms with Crippen LogP contribution in [0.2, 0.25) is 0 Å². The Hall–Kier alpha value is -0.120. The van der Waals surface area contributed by atoms with E-state index in [1.165, 1.54) is 19.4 Å². The van der Waals surface area contributed by atoms with E-state index < -0.39 is 0 Å². The van der Waals surface area contributed by atoms with Gasteiger partial charge >= 0.3 is 0 Å². The topological polar surface area (TPSA) is 35.5 Å². The van der Waals surface area contributed by atoms with Crippen molar-refractivity contribution in [2.24, 2.45) is 5.92 Å². The van der Waals surface area contributed by atoms with Gasteiger partial charge in [0.05, 0.1) is 6.10 Å². The second-order valence-corrected chi connectivity index (χ2v) is 4.66. The van der Waals surface area contributed by atoms with Crippen LogP contribution >= 0.6 is 0 Å². The highest BCUT2D eigenvalue weighted by Crippen LogP contribution is 2.29. The summed E-state index contributed by atoms with van der Waals surface area (Å²) in [5, 5.41) is 12.7. The number of rotatable bonds is 4. The molecule has 76 valence electrons. The van der Waals surface area contributed by atoms with Crippen LogP contribution in [0.25, 0.3) is 0 Å². The highest BCUT2D eigenvalue weighted by molar-refractivity contribution is 4.84. The van der Waals surface area contributed by atoms with E-state index in [9.17, 15) is 5.11 Å². The summed E-state index contributed by atoms with van der Waals surface area (Å²) in [5.41, 5.74) is 0. The molecule has 13 heavy (non-hydrogen) atoms. The third-order valence-corrected chi connectivity index (χ3v) is 3.00. The maximum Gasteiger partial charge on any atom is 0.0680 e. The zero-order valence-corrected chi connectivity index (χ0v) is 8.37. The smallest absolute Gasteiger partial charge is 0.0680 e. The first kappa shape index (κ1) is 9.44. The summed E-state index contributed by atoms with van der Waals surface area (Å²) >= 11 is 0. The van der Waals surface area contributed by atoms with Crippen molar-refractivity contribution in [2.75, 3.05) is 26.7 Å². The molecule has 0 radical (unpaired) electrons. The first-order valence-electron chi connectivity index (χ1n) is 5.34. The van der Waals surface area contributed by atoms with Crippen LogP contribution in [0, 0.1) is 5.92 Å². The lowest BCUT2D eigenvalue weighted by Crippen LogP contribution is -2.36. The van der Waals surface area contributed by atoms with Crippen molar-refractivity contribution in [3.63, 3.8) is 0 Å². The number of nitrogens with one attached hydrogen (secondary N) is 1. The number of nitrogens with zero attached hydrogens (tertiary/aromatic N) is 1. The normalized spacial score (nSPS) is 34.4. The van der Waals surface area contributed by atoms with E-state index in [-0.39, 0.29) is 6.10 Å². The zero-order chi connectivity index (χ0) is 9.26. The molecule has 1 heterocycles. The monoisotopic (exact) mass is 184 g/mol. The molecule has 2 N–H and O–H groups in total. The van der Waals surface area contributed by atoms with Crippen LogP contribution in [0.3, 0.4) is 0 Å². The number of likely N-dealkylation sites (N-methyl/N-ethyl adjacent to an activating group) is 1. The molecule has 2 unspecified atom stereocenters. The van der Waals surface area contributed by atoms with Gasteiger partial charge in [0.1, 0.15) is 0 Å². The van der Waals surface area contributed by atoms with Gasteiger partial charge in [-0.3, -0.25) is 0 Å². The molecule has 1 saturated carbocycles. The highest BCUT2D eigenvalue weighted by atomic mass is 16.3. The Balaban J connectivity index is 1.64. The first-order chi connectivity index (χ1) is 6.24. The Labute approximate surface area is 80.1 Å². The van der Waals surface area contributed by atoms with E-state index >= 15 is 0 Å². The molecule has 1 saturated heterocycles. The maximum atomic E-state index is 9.33. The van der Waals surface area contributed by atoms with Crippen LogP contribution < -0.4 is 5.32 Å². The first-order valence-corrected chi connectivity index (χ1v) is 5.34. The molecule has 0 bridgehead atoms. The van der Waals surface area contributed by atoms with Gasteiger partial charge in [-0.25, -0.2) is 0 Å². The molecule has 1 aliphatic carbocycles. The Bertz CT molecular complexity index is 170. The van der Waals surface area contributed by atoms with Crippen LogP contribution in [0.1, 0.15) is 19.3 Å². The SMILES string of the molecule is CN(CC1CC1)CC1CC(O)CN1. The van der Waals surface area contributed by atoms with Crippen molar-refractivity contribution >= 4 is 0 Å². The quantitative estimate of drug-likeness (QED) is 0.648. The highest BCUT2D eigenvalue weighted by Gasteiger charge is 2.26. The molecule has 0 aromatic carbocycles. The van der Waals surface area contributed by atoms with Gasteiger partial charge in [-0.2, -0.15) is 0 Å². The van der Waals surface area contributed by atoms with Gasteiger partial charge < -0.3 is 15.3 Å². The molecule has 3 heteroatoms. The Kier molecular flexibility index (Phi) is 2.86. The van der Waals surface area contributed by atoms with Gasteiger partial charge in [-0.05, 0) is 32.2 Å². The summed E-state index contributed by atoms with van der Waals surface area (Å²) in [4.78, 5) is 2.40. The fraction of sp³-hybridized carbons (Fsp3) is 1.00. The van der Waals surface area contributed by atoms with E-state index in [1.54, 1.807) is 0 Å². The van der Waals surface area contributed by atoms with Crippen LogP contribution in [-0.2, 0) is 0 Å². The third-order valence-electron chi connectivity index (χ3n) is 3.00. The fourth-order valence-corrected chi connectivity index (χ4v) is 2.13. The summed E-state index contributed by atoms with van der Waals surface area (Å²) in [6.07, 6.45) is 3.66. The van der Waals surface area contributed by atoms with Gasteiger partial charge in [-0.15, -0.1) is 0 Å². The number of β-amino-alcohol motifs (C(OH)–C–C–N with tert-alkyl or cyclic N) is 1. The molecule has 2 aliphatic rings. The van der Waals surface area contributed by atoms with Crippen LogP contribution in [-0.4, -0.2) is 48.8 Å². The molecule has 0 amide bonds. The van der Waals surface area contributed by atoms with Gasteiger partial charge in [-0.1, -0.05) is 0 Å². The lowest BCUT2D eigenvalue weighted by Gasteiger charge is -2.20. The molecule has 0 spiro atoms. The van der Waals surface area contributed by atoms with Crippen LogP contribution in [0.15, 0.2) is 0 Å². The largest absolute Gasteiger partial charge is 0.392 e. The summed E-state index contributed by atoms with van der Waals surface area (Å²) < 4.78 is 0. The minimum absolute atomic E-state index is 0.112. The Morgan fingerprint density at radius 1 is 1.38 bits per heavy atom. The average Bonchev–Trinajstić information content (AvgIpc) is 2.76. The number of aliphatic hydroxyl groups excluding tert-OH is 1. The molecule has 3 nitrogen and oxygen atoms in total. The minimum Gasteiger partial charge on any atom is -0.392 e. The second kappa shape index (κ2) is 3.95. The lowest BCUT2D eigenvalue weighted by atomic mass is 10.2. The molecule has 1 aliphatic heterocycles. The van der Waals surface area contributed by atoms with E-state index in [0.29, 0.717) is 6.04 Å². The predicted molar refractivity (Wildman–Crippen MR) is 52.6 cm³/mol. The van der Waals surface area contributed by atoms with Crippen molar-refractivity contribution in [1.29, 1.82) is 0 Å². The van der Waals surface area contributed by atoms with Crippen molar-refractivity contribution in [3.8, 4) is 0 Å². The number of hydrogen-bond donors (Lipinski definition) is 2. The number of aliphatic hydroxyl groups is 1. The Morgan fingerprint density at radius 3 is 2.69 bits per heavy atom. The van der Waals surface area contributed by atoms with E-state index in [0.717, 1.165) is 25.4 Å². The average molecular weight is 184 g/mol. The molecular weight excluding hydrogens is 164 g/mol. The van der Waals surface area contributed by atoms with Gasteiger partial charge in [0.2, 0.25) is 0 Å². The van der Waals surface area contributed by atoms with E-state index in [2.05, 4.69) is 17.3 Å². The molecule has 0 aromatic rings.